The molecule has 7 heteroatoms. The van der Waals surface area contributed by atoms with E-state index in [1.54, 1.807) is 42.3 Å². The zero-order chi connectivity index (χ0) is 22.3. The summed E-state index contributed by atoms with van der Waals surface area (Å²) in [5.41, 5.74) is 2.12. The fourth-order valence-corrected chi connectivity index (χ4v) is 3.46. The molecule has 0 atom stereocenters. The highest BCUT2D eigenvalue weighted by Gasteiger charge is 2.17. The molecule has 0 unspecified atom stereocenters. The Morgan fingerprint density at radius 2 is 1.81 bits per heavy atom. The maximum atomic E-state index is 13.1. The van der Waals surface area contributed by atoms with Gasteiger partial charge < -0.3 is 19.9 Å². The Balaban J connectivity index is 1.57. The van der Waals surface area contributed by atoms with Crippen molar-refractivity contribution in [1.82, 2.24) is 14.9 Å². The highest BCUT2D eigenvalue weighted by Crippen LogP contribution is 2.18. The lowest BCUT2D eigenvalue weighted by molar-refractivity contribution is 0.208. The molecule has 162 valence electrons. The standard InChI is InChI=1S/C25H24N4O3/c1-32-20-11-7-10-19(16-20)26-25(31)29(15-14-18-8-3-2-4-9-18)17-23-27-22-13-6-5-12-21(22)24(30)28-23/h2-13,16H,14-15,17H2,1H3,(H,26,31)(H,27,28,30). The quantitative estimate of drug-likeness (QED) is 0.462. The number of nitrogens with one attached hydrogen (secondary N) is 2. The van der Waals surface area contributed by atoms with E-state index in [-0.39, 0.29) is 18.1 Å². The maximum absolute atomic E-state index is 13.1. The summed E-state index contributed by atoms with van der Waals surface area (Å²) >= 11 is 0. The molecule has 4 aromatic rings. The Morgan fingerprint density at radius 1 is 1.03 bits per heavy atom. The van der Waals surface area contributed by atoms with Gasteiger partial charge in [0, 0.05) is 18.3 Å². The third kappa shape index (κ3) is 5.13. The number of benzene rings is 3. The number of anilines is 1. The Bertz CT molecular complexity index is 1270. The Morgan fingerprint density at radius 3 is 2.62 bits per heavy atom. The Labute approximate surface area is 185 Å². The largest absolute Gasteiger partial charge is 0.497 e. The topological polar surface area (TPSA) is 87.3 Å². The molecule has 32 heavy (non-hydrogen) atoms. The first-order valence-corrected chi connectivity index (χ1v) is 10.3. The number of fused-ring (bicyclic) bond motifs is 1. The molecule has 3 aromatic carbocycles. The van der Waals surface area contributed by atoms with E-state index in [1.165, 1.54) is 0 Å². The molecule has 0 saturated carbocycles. The lowest BCUT2D eigenvalue weighted by Gasteiger charge is -2.23. The van der Waals surface area contributed by atoms with Crippen LogP contribution in [-0.2, 0) is 13.0 Å². The third-order valence-electron chi connectivity index (χ3n) is 5.12. The van der Waals surface area contributed by atoms with Crippen LogP contribution in [0.25, 0.3) is 10.9 Å². The van der Waals surface area contributed by atoms with Gasteiger partial charge in [-0.05, 0) is 36.2 Å². The average Bonchev–Trinajstić information content (AvgIpc) is 2.82. The fraction of sp³-hybridized carbons (Fsp3) is 0.160. The number of aromatic nitrogens is 2. The second-order valence-electron chi connectivity index (χ2n) is 7.35. The smallest absolute Gasteiger partial charge is 0.322 e. The monoisotopic (exact) mass is 428 g/mol. The molecule has 0 fully saturated rings. The Kier molecular flexibility index (Phi) is 6.46. The van der Waals surface area contributed by atoms with Crippen molar-refractivity contribution >= 4 is 22.6 Å². The molecule has 0 aliphatic heterocycles. The summed E-state index contributed by atoms with van der Waals surface area (Å²) in [5.74, 6) is 1.08. The van der Waals surface area contributed by atoms with Crippen LogP contribution >= 0.6 is 0 Å². The van der Waals surface area contributed by atoms with Crippen LogP contribution < -0.4 is 15.6 Å². The zero-order valence-electron chi connectivity index (χ0n) is 17.7. The van der Waals surface area contributed by atoms with Gasteiger partial charge in [-0.1, -0.05) is 48.5 Å². The van der Waals surface area contributed by atoms with Crippen LogP contribution in [0.2, 0.25) is 0 Å². The molecule has 1 aromatic heterocycles. The maximum Gasteiger partial charge on any atom is 0.322 e. The molecule has 0 aliphatic carbocycles. The number of amides is 2. The molecule has 0 saturated heterocycles. The number of methoxy groups -OCH3 is 1. The van der Waals surface area contributed by atoms with Gasteiger partial charge in [0.1, 0.15) is 11.6 Å². The lowest BCUT2D eigenvalue weighted by Crippen LogP contribution is -2.37. The van der Waals surface area contributed by atoms with E-state index in [2.05, 4.69) is 15.3 Å². The first kappa shape index (κ1) is 21.1. The number of para-hydroxylation sites is 1. The number of aromatic amines is 1. The van der Waals surface area contributed by atoms with Crippen molar-refractivity contribution in [3.8, 4) is 5.75 Å². The number of carbonyl (C=O) groups excluding carboxylic acids is 1. The predicted molar refractivity (Wildman–Crippen MR) is 125 cm³/mol. The van der Waals surface area contributed by atoms with Crippen molar-refractivity contribution in [3.05, 3.63) is 101 Å². The van der Waals surface area contributed by atoms with Crippen molar-refractivity contribution in [2.75, 3.05) is 19.0 Å². The van der Waals surface area contributed by atoms with Crippen molar-refractivity contribution in [2.45, 2.75) is 13.0 Å². The van der Waals surface area contributed by atoms with Gasteiger partial charge in [-0.25, -0.2) is 9.78 Å². The van der Waals surface area contributed by atoms with E-state index < -0.39 is 0 Å². The number of ether oxygens (including phenoxy) is 1. The minimum Gasteiger partial charge on any atom is -0.497 e. The number of hydrogen-bond acceptors (Lipinski definition) is 4. The summed E-state index contributed by atoms with van der Waals surface area (Å²) < 4.78 is 5.24. The second-order valence-corrected chi connectivity index (χ2v) is 7.35. The van der Waals surface area contributed by atoms with Gasteiger partial charge in [-0.2, -0.15) is 0 Å². The SMILES string of the molecule is COc1cccc(NC(=O)N(CCc2ccccc2)Cc2nc3ccccc3c(=O)[nH]2)c1. The number of H-pyrrole nitrogens is 1. The summed E-state index contributed by atoms with van der Waals surface area (Å²) in [7, 11) is 1.58. The van der Waals surface area contributed by atoms with Gasteiger partial charge in [0.15, 0.2) is 0 Å². The minimum absolute atomic E-state index is 0.169. The molecule has 0 aliphatic rings. The van der Waals surface area contributed by atoms with E-state index in [4.69, 9.17) is 4.74 Å². The van der Waals surface area contributed by atoms with Crippen LogP contribution in [0.15, 0.2) is 83.7 Å². The summed E-state index contributed by atoms with van der Waals surface area (Å²) in [5, 5.41) is 3.43. The number of hydrogen-bond donors (Lipinski definition) is 2. The highest BCUT2D eigenvalue weighted by atomic mass is 16.5. The average molecular weight is 428 g/mol. The number of carbonyl (C=O) groups is 1. The van der Waals surface area contributed by atoms with Gasteiger partial charge in [-0.15, -0.1) is 0 Å². The summed E-state index contributed by atoms with van der Waals surface area (Å²) in [6, 6.07) is 24.0. The van der Waals surface area contributed by atoms with Crippen LogP contribution in [0.4, 0.5) is 10.5 Å². The lowest BCUT2D eigenvalue weighted by atomic mass is 10.1. The zero-order valence-corrected chi connectivity index (χ0v) is 17.7. The molecule has 2 N–H and O–H groups in total. The molecule has 0 bridgehead atoms. The predicted octanol–water partition coefficient (Wildman–Crippen LogP) is 4.21. The molecule has 2 amide bonds. The first-order chi connectivity index (χ1) is 15.6. The highest BCUT2D eigenvalue weighted by molar-refractivity contribution is 5.89. The van der Waals surface area contributed by atoms with Gasteiger partial charge in [0.2, 0.25) is 0 Å². The normalized spacial score (nSPS) is 10.7. The van der Waals surface area contributed by atoms with Crippen molar-refractivity contribution in [3.63, 3.8) is 0 Å². The molecule has 0 spiro atoms. The minimum atomic E-state index is -0.287. The van der Waals surface area contributed by atoms with Crippen LogP contribution in [0.1, 0.15) is 11.4 Å². The van der Waals surface area contributed by atoms with Gasteiger partial charge in [-0.3, -0.25) is 4.79 Å². The van der Waals surface area contributed by atoms with Crippen molar-refractivity contribution in [1.29, 1.82) is 0 Å². The van der Waals surface area contributed by atoms with Crippen LogP contribution in [-0.4, -0.2) is 34.6 Å². The molecule has 0 radical (unpaired) electrons. The van der Waals surface area contributed by atoms with Crippen molar-refractivity contribution < 1.29 is 9.53 Å². The van der Waals surface area contributed by atoms with Crippen LogP contribution in [0, 0.1) is 0 Å². The van der Waals surface area contributed by atoms with Crippen LogP contribution in [0.5, 0.6) is 5.75 Å². The Hall–Kier alpha value is -4.13. The van der Waals surface area contributed by atoms with E-state index in [0.717, 1.165) is 5.56 Å². The fourth-order valence-electron chi connectivity index (χ4n) is 3.46. The molecular weight excluding hydrogens is 404 g/mol. The van der Waals surface area contributed by atoms with E-state index in [0.29, 0.717) is 41.1 Å². The number of urea groups is 1. The molecular formula is C25H24N4O3. The van der Waals surface area contributed by atoms with Gasteiger partial charge >= 0.3 is 6.03 Å². The van der Waals surface area contributed by atoms with Gasteiger partial charge in [0.25, 0.3) is 5.56 Å². The van der Waals surface area contributed by atoms with E-state index in [1.807, 2.05) is 48.5 Å². The van der Waals surface area contributed by atoms with E-state index in [9.17, 15) is 9.59 Å². The van der Waals surface area contributed by atoms with Gasteiger partial charge in [0.05, 0.1) is 24.6 Å². The van der Waals surface area contributed by atoms with E-state index >= 15 is 0 Å². The second kappa shape index (κ2) is 9.78. The van der Waals surface area contributed by atoms with Crippen molar-refractivity contribution in [2.24, 2.45) is 0 Å². The summed E-state index contributed by atoms with van der Waals surface area (Å²) in [6.07, 6.45) is 0.671. The summed E-state index contributed by atoms with van der Waals surface area (Å²) in [4.78, 5) is 34.6. The third-order valence-corrected chi connectivity index (χ3v) is 5.12. The first-order valence-electron chi connectivity index (χ1n) is 10.3. The molecule has 1 heterocycles. The molecule has 4 rings (SSSR count). The number of rotatable bonds is 7. The number of nitrogens with zero attached hydrogens (tertiary/aromatic N) is 2. The summed E-state index contributed by atoms with van der Waals surface area (Å²) in [6.45, 7) is 0.624. The van der Waals surface area contributed by atoms with Crippen LogP contribution in [0.3, 0.4) is 0 Å². The molecule has 7 nitrogen and oxygen atoms in total.